The summed E-state index contributed by atoms with van der Waals surface area (Å²) in [5.74, 6) is 4.18. The number of amides is 2. The first-order valence-electron chi connectivity index (χ1n) is 10.5. The van der Waals surface area contributed by atoms with Gasteiger partial charge in [0, 0.05) is 25.6 Å². The zero-order valence-corrected chi connectivity index (χ0v) is 18.2. The van der Waals surface area contributed by atoms with Gasteiger partial charge in [-0.3, -0.25) is 9.59 Å². The number of hydrogen-bond acceptors (Lipinski definition) is 5. The molecule has 9 heteroatoms. The first kappa shape index (κ1) is 21.8. The van der Waals surface area contributed by atoms with Gasteiger partial charge < -0.3 is 25.0 Å². The second-order valence-electron chi connectivity index (χ2n) is 8.28. The van der Waals surface area contributed by atoms with Gasteiger partial charge in [0.25, 0.3) is 11.8 Å². The van der Waals surface area contributed by atoms with Crippen LogP contribution in [0.4, 0.5) is 4.39 Å². The van der Waals surface area contributed by atoms with Crippen LogP contribution in [0, 0.1) is 17.7 Å². The van der Waals surface area contributed by atoms with Crippen LogP contribution < -0.4 is 10.5 Å². The van der Waals surface area contributed by atoms with Gasteiger partial charge >= 0.3 is 0 Å². The van der Waals surface area contributed by atoms with E-state index in [2.05, 4.69) is 16.8 Å². The van der Waals surface area contributed by atoms with Crippen LogP contribution in [0.3, 0.4) is 0 Å². The quantitative estimate of drug-likeness (QED) is 0.703. The van der Waals surface area contributed by atoms with E-state index in [9.17, 15) is 19.1 Å². The molecule has 0 saturated heterocycles. The summed E-state index contributed by atoms with van der Waals surface area (Å²) in [6.07, 6.45) is 1.91. The van der Waals surface area contributed by atoms with Crippen molar-refractivity contribution < 1.29 is 23.8 Å². The van der Waals surface area contributed by atoms with E-state index in [0.717, 1.165) is 18.5 Å². The van der Waals surface area contributed by atoms with Crippen molar-refractivity contribution in [2.75, 3.05) is 20.2 Å². The van der Waals surface area contributed by atoms with E-state index in [1.165, 1.54) is 24.0 Å². The van der Waals surface area contributed by atoms with E-state index < -0.39 is 23.2 Å². The largest absolute Gasteiger partial charge is 0.491 e. The molecule has 1 fully saturated rings. The van der Waals surface area contributed by atoms with Crippen molar-refractivity contribution in [3.05, 3.63) is 34.9 Å². The zero-order chi connectivity index (χ0) is 23.2. The minimum atomic E-state index is -1.97. The number of primary amides is 1. The molecule has 3 N–H and O–H groups in total. The number of likely N-dealkylation sites (N-methyl/N-ethyl adjacent to an activating group) is 1. The standard InChI is InChI=1S/C23H25FN4O4/c1-4-27(3)22(30)23(2,31)8-7-14-11-15-17(12-16(14)24)32-10-9-28-19(13-5-6-13)18(20(25)29)26-21(15)28/h11-13,31H,4-6,9-10H2,1-3H3,(H2,25,29). The molecular formula is C23H25FN4O4. The third-order valence-electron chi connectivity index (χ3n) is 5.76. The summed E-state index contributed by atoms with van der Waals surface area (Å²) >= 11 is 0. The summed E-state index contributed by atoms with van der Waals surface area (Å²) in [5, 5.41) is 10.5. The molecule has 1 aliphatic heterocycles. The molecule has 1 unspecified atom stereocenters. The van der Waals surface area contributed by atoms with Gasteiger partial charge in [0.2, 0.25) is 5.60 Å². The molecule has 0 bridgehead atoms. The van der Waals surface area contributed by atoms with Crippen LogP contribution in [-0.2, 0) is 11.3 Å². The lowest BCUT2D eigenvalue weighted by Gasteiger charge is -2.22. The Morgan fingerprint density at radius 2 is 2.16 bits per heavy atom. The van der Waals surface area contributed by atoms with Gasteiger partial charge in [-0.2, -0.15) is 0 Å². The van der Waals surface area contributed by atoms with Crippen LogP contribution in [0.5, 0.6) is 5.75 Å². The molecule has 4 rings (SSSR count). The topological polar surface area (TPSA) is 111 Å². The average molecular weight is 440 g/mol. The number of rotatable bonds is 4. The fourth-order valence-corrected chi connectivity index (χ4v) is 3.80. The second-order valence-corrected chi connectivity index (χ2v) is 8.28. The average Bonchev–Trinajstić information content (AvgIpc) is 3.54. The van der Waals surface area contributed by atoms with Crippen LogP contribution in [0.2, 0.25) is 0 Å². The second kappa shape index (κ2) is 7.95. The smallest absolute Gasteiger partial charge is 0.269 e. The highest BCUT2D eigenvalue weighted by Gasteiger charge is 2.36. The van der Waals surface area contributed by atoms with Crippen LogP contribution in [-0.4, -0.2) is 57.2 Å². The maximum absolute atomic E-state index is 14.8. The molecule has 32 heavy (non-hydrogen) atoms. The Hall–Kier alpha value is -3.38. The number of ether oxygens (including phenoxy) is 1. The van der Waals surface area contributed by atoms with E-state index >= 15 is 0 Å². The summed E-state index contributed by atoms with van der Waals surface area (Å²) in [6.45, 7) is 4.17. The minimum absolute atomic E-state index is 0.0235. The molecule has 8 nitrogen and oxygen atoms in total. The Balaban J connectivity index is 1.81. The number of nitrogens with zero attached hydrogens (tertiary/aromatic N) is 3. The molecule has 0 spiro atoms. The summed E-state index contributed by atoms with van der Waals surface area (Å²) in [4.78, 5) is 30.1. The molecule has 1 atom stereocenters. The van der Waals surface area contributed by atoms with Gasteiger partial charge in [-0.05, 0) is 32.8 Å². The lowest BCUT2D eigenvalue weighted by molar-refractivity contribution is -0.142. The number of fused-ring (bicyclic) bond motifs is 3. The maximum atomic E-state index is 14.8. The van der Waals surface area contributed by atoms with Crippen molar-refractivity contribution in [2.24, 2.45) is 5.73 Å². The van der Waals surface area contributed by atoms with Crippen LogP contribution in [0.25, 0.3) is 11.4 Å². The van der Waals surface area contributed by atoms with Crippen molar-refractivity contribution in [2.45, 2.75) is 44.8 Å². The fourth-order valence-electron chi connectivity index (χ4n) is 3.80. The van der Waals surface area contributed by atoms with E-state index in [1.54, 1.807) is 14.0 Å². The maximum Gasteiger partial charge on any atom is 0.269 e. The Bertz CT molecular complexity index is 1170. The van der Waals surface area contributed by atoms with Crippen LogP contribution in [0.15, 0.2) is 12.1 Å². The number of imidazole rings is 1. The van der Waals surface area contributed by atoms with E-state index in [-0.39, 0.29) is 29.5 Å². The van der Waals surface area contributed by atoms with Crippen LogP contribution >= 0.6 is 0 Å². The fraction of sp³-hybridized carbons (Fsp3) is 0.435. The summed E-state index contributed by atoms with van der Waals surface area (Å²) < 4.78 is 22.4. The third-order valence-corrected chi connectivity index (χ3v) is 5.76. The first-order chi connectivity index (χ1) is 15.1. The van der Waals surface area contributed by atoms with Gasteiger partial charge in [0.15, 0.2) is 0 Å². The molecule has 2 aromatic rings. The predicted molar refractivity (Wildman–Crippen MR) is 114 cm³/mol. The minimum Gasteiger partial charge on any atom is -0.491 e. The highest BCUT2D eigenvalue weighted by molar-refractivity contribution is 5.93. The Morgan fingerprint density at radius 3 is 2.78 bits per heavy atom. The molecule has 1 aliphatic carbocycles. The van der Waals surface area contributed by atoms with Gasteiger partial charge in [0.1, 0.15) is 29.7 Å². The highest BCUT2D eigenvalue weighted by atomic mass is 19.1. The van der Waals surface area contributed by atoms with E-state index in [0.29, 0.717) is 24.5 Å². The molecular weight excluding hydrogens is 415 g/mol. The molecule has 2 amide bonds. The van der Waals surface area contributed by atoms with Crippen molar-refractivity contribution in [1.82, 2.24) is 14.5 Å². The van der Waals surface area contributed by atoms with Crippen molar-refractivity contribution in [3.8, 4) is 29.0 Å². The van der Waals surface area contributed by atoms with Gasteiger partial charge in [-0.25, -0.2) is 9.37 Å². The predicted octanol–water partition coefficient (Wildman–Crippen LogP) is 1.64. The van der Waals surface area contributed by atoms with E-state index in [4.69, 9.17) is 10.5 Å². The molecule has 1 aromatic heterocycles. The molecule has 2 aliphatic rings. The number of carbonyl (C=O) groups is 2. The zero-order valence-electron chi connectivity index (χ0n) is 18.2. The normalized spacial score (nSPS) is 16.4. The summed E-state index contributed by atoms with van der Waals surface area (Å²) in [7, 11) is 1.55. The number of aliphatic hydroxyl groups is 1. The van der Waals surface area contributed by atoms with Crippen LogP contribution in [0.1, 0.15) is 54.4 Å². The molecule has 1 saturated carbocycles. The molecule has 1 aromatic carbocycles. The summed E-state index contributed by atoms with van der Waals surface area (Å²) in [6, 6.07) is 2.67. The Labute approximate surface area is 185 Å². The first-order valence-corrected chi connectivity index (χ1v) is 10.5. The number of hydrogen-bond donors (Lipinski definition) is 2. The van der Waals surface area contributed by atoms with E-state index in [1.807, 2.05) is 4.57 Å². The van der Waals surface area contributed by atoms with Gasteiger partial charge in [-0.15, -0.1) is 0 Å². The lowest BCUT2D eigenvalue weighted by Crippen LogP contribution is -2.44. The van der Waals surface area contributed by atoms with Gasteiger partial charge in [0.05, 0.1) is 23.4 Å². The number of nitrogens with two attached hydrogens (primary N) is 1. The Morgan fingerprint density at radius 1 is 1.44 bits per heavy atom. The number of benzene rings is 1. The molecule has 168 valence electrons. The highest BCUT2D eigenvalue weighted by Crippen LogP contribution is 2.45. The monoisotopic (exact) mass is 440 g/mol. The number of aromatic nitrogens is 2. The van der Waals surface area contributed by atoms with Crippen molar-refractivity contribution >= 4 is 11.8 Å². The van der Waals surface area contributed by atoms with Crippen molar-refractivity contribution in [1.29, 1.82) is 0 Å². The molecule has 2 heterocycles. The number of halogens is 1. The number of carbonyl (C=O) groups excluding carboxylic acids is 2. The Kier molecular flexibility index (Phi) is 5.42. The van der Waals surface area contributed by atoms with Crippen molar-refractivity contribution in [3.63, 3.8) is 0 Å². The van der Waals surface area contributed by atoms with Gasteiger partial charge in [-0.1, -0.05) is 11.8 Å². The lowest BCUT2D eigenvalue weighted by atomic mass is 10.0. The summed E-state index contributed by atoms with van der Waals surface area (Å²) in [5.41, 5.74) is 5.06. The molecule has 0 radical (unpaired) electrons. The SMILES string of the molecule is CCN(C)C(=O)C(C)(O)C#Cc1cc2c(cc1F)OCCn1c-2nc(C(N)=O)c1C1CC1. The third kappa shape index (κ3) is 3.82.